The van der Waals surface area contributed by atoms with Crippen molar-refractivity contribution in [2.75, 3.05) is 78.7 Å². The van der Waals surface area contributed by atoms with Crippen molar-refractivity contribution < 1.29 is 37.1 Å². The molecule has 3 aromatic carbocycles. The topological polar surface area (TPSA) is 174 Å². The van der Waals surface area contributed by atoms with Gasteiger partial charge >= 0.3 is 23.2 Å². The molecular weight excluding hydrogens is 1220 g/mol. The molecule has 0 unspecified atom stereocenters. The Morgan fingerprint density at radius 1 is 0.473 bits per heavy atom. The second-order valence-corrected chi connectivity index (χ2v) is 28.0. The molecule has 6 heterocycles. The highest BCUT2D eigenvalue weighted by molar-refractivity contribution is 6.35. The van der Waals surface area contributed by atoms with Crippen LogP contribution in [0.5, 0.6) is 0 Å². The molecule has 7 fully saturated rings. The highest BCUT2D eigenvalue weighted by atomic mass is 35.5. The molecule has 19 nitrogen and oxygen atoms in total. The van der Waals surface area contributed by atoms with Crippen LogP contribution < -0.4 is 17.1 Å². The minimum atomic E-state index is -4.47. The molecular formula is C70H93ClF3N11O8. The van der Waals surface area contributed by atoms with Gasteiger partial charge in [0, 0.05) is 136 Å². The minimum absolute atomic E-state index is 0.0235. The number of carbonyl (C=O) groups excluding carboxylic acids is 4. The Kier molecular flexibility index (Phi) is 20.9. The van der Waals surface area contributed by atoms with Crippen molar-refractivity contribution in [1.29, 1.82) is 0 Å². The smallest absolute Gasteiger partial charge is 0.378 e. The number of hydrogen-bond donors (Lipinski definition) is 0. The molecule has 23 heteroatoms. The van der Waals surface area contributed by atoms with Gasteiger partial charge in [-0.3, -0.25) is 46.6 Å². The quantitative estimate of drug-likeness (QED) is 0.116. The van der Waals surface area contributed by atoms with Gasteiger partial charge in [-0.2, -0.15) is 13.2 Å². The minimum Gasteiger partial charge on any atom is -0.378 e. The normalized spacial score (nSPS) is 23.2. The molecule has 0 radical (unpaired) electrons. The van der Waals surface area contributed by atoms with Crippen LogP contribution in [0.1, 0.15) is 109 Å². The van der Waals surface area contributed by atoms with E-state index < -0.39 is 11.7 Å². The highest BCUT2D eigenvalue weighted by Gasteiger charge is 2.39. The predicted octanol–water partition coefficient (Wildman–Crippen LogP) is 9.36. The zero-order valence-corrected chi connectivity index (χ0v) is 55.6. The van der Waals surface area contributed by atoms with E-state index in [-0.39, 0.29) is 64.4 Å². The van der Waals surface area contributed by atoms with Crippen LogP contribution in [0.4, 0.5) is 13.2 Å². The molecule has 13 rings (SSSR count). The van der Waals surface area contributed by atoms with Crippen LogP contribution in [0.15, 0.2) is 87.3 Å². The van der Waals surface area contributed by atoms with Gasteiger partial charge in [0.1, 0.15) is 0 Å². The number of nitrogens with zero attached hydrogens (tertiary/aromatic N) is 11. The summed E-state index contributed by atoms with van der Waals surface area (Å²) in [6, 6.07) is 17.0. The molecule has 93 heavy (non-hydrogen) atoms. The lowest BCUT2D eigenvalue weighted by atomic mass is 9.81. The molecule has 7 aliphatic rings. The zero-order valence-electron chi connectivity index (χ0n) is 54.8. The first kappa shape index (κ1) is 67.4. The average molecular weight is 1310 g/mol. The van der Waals surface area contributed by atoms with Crippen molar-refractivity contribution in [3.63, 3.8) is 0 Å². The van der Waals surface area contributed by atoms with Crippen LogP contribution in [-0.2, 0) is 70.9 Å². The third-order valence-corrected chi connectivity index (χ3v) is 21.7. The second kappa shape index (κ2) is 28.9. The zero-order chi connectivity index (χ0) is 66.0. The van der Waals surface area contributed by atoms with E-state index in [1.54, 1.807) is 23.2 Å². The number of morpholine rings is 1. The van der Waals surface area contributed by atoms with E-state index in [4.69, 9.17) is 16.3 Å². The lowest BCUT2D eigenvalue weighted by Gasteiger charge is -2.40. The molecule has 4 saturated carbocycles. The van der Waals surface area contributed by atoms with Crippen molar-refractivity contribution in [2.45, 2.75) is 130 Å². The van der Waals surface area contributed by atoms with Crippen LogP contribution >= 0.6 is 11.6 Å². The Labute approximate surface area is 546 Å². The summed E-state index contributed by atoms with van der Waals surface area (Å²) in [6.45, 7) is 18.7. The number of allylic oxidation sites excluding steroid dienone is 1. The molecule has 4 amide bonds. The number of ether oxygens (including phenoxy) is 1. The molecule has 0 spiro atoms. The molecule has 504 valence electrons. The monoisotopic (exact) mass is 1310 g/mol. The number of piperazine rings is 2. The van der Waals surface area contributed by atoms with Gasteiger partial charge in [-0.15, -0.1) is 0 Å². The number of amides is 4. The van der Waals surface area contributed by atoms with E-state index in [9.17, 15) is 46.7 Å². The number of aromatic nitrogens is 6. The second-order valence-electron chi connectivity index (χ2n) is 27.6. The summed E-state index contributed by atoms with van der Waals surface area (Å²) in [6.07, 6.45) is 8.01. The maximum Gasteiger partial charge on any atom is 0.416 e. The van der Waals surface area contributed by atoms with Gasteiger partial charge in [0.05, 0.1) is 56.9 Å². The number of fused-ring (bicyclic) bond motifs is 3. The van der Waals surface area contributed by atoms with Gasteiger partial charge in [-0.05, 0) is 156 Å². The molecule has 6 aromatic rings. The molecule has 4 aliphatic carbocycles. The maximum absolute atomic E-state index is 13.2. The lowest BCUT2D eigenvalue weighted by molar-refractivity contribution is -0.143. The molecule has 0 bridgehead atoms. The summed E-state index contributed by atoms with van der Waals surface area (Å²) < 4.78 is 55.0. The van der Waals surface area contributed by atoms with Gasteiger partial charge in [0.2, 0.25) is 23.6 Å². The Morgan fingerprint density at radius 2 is 0.828 bits per heavy atom. The van der Waals surface area contributed by atoms with Crippen LogP contribution in [-0.4, -0.2) is 154 Å². The van der Waals surface area contributed by atoms with E-state index in [0.717, 1.165) is 144 Å². The first-order chi connectivity index (χ1) is 44.6. The van der Waals surface area contributed by atoms with Crippen LogP contribution in [0.2, 0.25) is 5.02 Å². The molecule has 0 atom stereocenters. The van der Waals surface area contributed by atoms with Crippen molar-refractivity contribution in [1.82, 2.24) is 51.9 Å². The average Bonchev–Trinajstić information content (AvgIpc) is 1.65. The predicted molar refractivity (Wildman–Crippen MR) is 353 cm³/mol. The van der Waals surface area contributed by atoms with Crippen molar-refractivity contribution in [3.8, 4) is 0 Å². The largest absolute Gasteiger partial charge is 0.416 e. The molecule has 0 N–H and O–H groups in total. The fraction of sp³-hybridized carbons (Fsp3) is 0.614. The number of benzene rings is 3. The number of alkyl halides is 3. The van der Waals surface area contributed by atoms with E-state index in [0.29, 0.717) is 118 Å². The summed E-state index contributed by atoms with van der Waals surface area (Å²) in [5, 5.41) is 0.612. The number of para-hydroxylation sites is 3. The Hall–Kier alpha value is -7.07. The number of carbonyl (C=O) groups is 4. The first-order valence-electron chi connectivity index (χ1n) is 34.0. The Bertz CT molecular complexity index is 3870. The van der Waals surface area contributed by atoms with Crippen molar-refractivity contribution in [2.24, 2.45) is 68.5 Å². The van der Waals surface area contributed by atoms with E-state index in [2.05, 4.69) is 30.2 Å². The van der Waals surface area contributed by atoms with Crippen LogP contribution in [0.3, 0.4) is 0 Å². The third kappa shape index (κ3) is 14.9. The third-order valence-electron chi connectivity index (χ3n) is 21.4. The van der Waals surface area contributed by atoms with E-state index in [1.165, 1.54) is 20.9 Å². The van der Waals surface area contributed by atoms with Gasteiger partial charge < -0.3 is 29.2 Å². The number of rotatable bonds is 12. The maximum atomic E-state index is 13.2. The van der Waals surface area contributed by atoms with E-state index >= 15 is 0 Å². The standard InChI is InChI=1S/C25H31F3N4O3.C25H36N4O2.C20H26ClN3O3/c1-29-20-9-8-19(25(26,27)28)14-21(20)32(24(29)35)15-16-2-4-17(5-3-16)22(33)30-10-12-31(13-11-30)23(34)18-6-7-18;1-18(2)19(3)27-13-15-28(16-14-27)24(30)21-11-9-20(10-12-21)17-29-23-8-6-5-7-22(23)26(4)25(29)31;1-22-17-4-2-3-16(21)18(17)24(20(22)26)13-14-5-7-15(8-6-14)19(25)23-9-11-27-12-10-23/h8-9,14,16-18H,2-7,10-13,15H2,1H3;5-8,18,20-21H,3,9-17H2,1-2,4H3;2-4,14-15H,5-13H2,1H3. The van der Waals surface area contributed by atoms with Crippen LogP contribution in [0.25, 0.3) is 33.1 Å². The summed E-state index contributed by atoms with van der Waals surface area (Å²) >= 11 is 6.38. The number of aryl methyl sites for hydroxylation is 3. The van der Waals surface area contributed by atoms with Crippen LogP contribution in [0, 0.1) is 47.3 Å². The van der Waals surface area contributed by atoms with Gasteiger partial charge in [-0.25, -0.2) is 14.4 Å². The fourth-order valence-corrected chi connectivity index (χ4v) is 15.6. The van der Waals surface area contributed by atoms with Gasteiger partial charge in [0.15, 0.2) is 0 Å². The molecule has 3 aromatic heterocycles. The summed E-state index contributed by atoms with van der Waals surface area (Å²) in [7, 11) is 5.20. The lowest BCUT2D eigenvalue weighted by Crippen LogP contribution is -2.52. The number of halogens is 4. The number of hydrogen-bond acceptors (Lipinski definition) is 9. The summed E-state index contributed by atoms with van der Waals surface area (Å²) in [5.74, 6) is 2.79. The Morgan fingerprint density at radius 3 is 1.26 bits per heavy atom. The Balaban J connectivity index is 0.000000144. The van der Waals surface area contributed by atoms with E-state index in [1.807, 2.05) is 73.3 Å². The van der Waals surface area contributed by atoms with Gasteiger partial charge in [-0.1, -0.05) is 50.2 Å². The molecule has 3 aliphatic heterocycles. The summed E-state index contributed by atoms with van der Waals surface area (Å²) in [5.41, 5.74) is 4.57. The fourth-order valence-electron chi connectivity index (χ4n) is 15.3. The highest BCUT2D eigenvalue weighted by Crippen LogP contribution is 2.38. The molecule has 3 saturated heterocycles. The first-order valence-corrected chi connectivity index (χ1v) is 34.3. The van der Waals surface area contributed by atoms with Gasteiger partial charge in [0.25, 0.3) is 0 Å². The SMILES string of the molecule is C=C(C(C)C)N1CCN(C(=O)C2CCC(Cn3c(=O)n(C)c4ccccc43)CC2)CC1.Cn1c(=O)n(CC2CCC(C(=O)N3CCN(C(=O)C4CC4)CC3)CC2)c2cc(C(F)(F)F)ccc21.Cn1c(=O)n(CC2CCC(C(=O)N3CCOCC3)CC2)c2c(Cl)cccc21. The summed E-state index contributed by atoms with van der Waals surface area (Å²) in [4.78, 5) is 99.3. The van der Waals surface area contributed by atoms with Crippen molar-refractivity contribution in [3.05, 3.63) is 115 Å². The number of imidazole rings is 3. The van der Waals surface area contributed by atoms with Crippen molar-refractivity contribution >= 4 is 68.3 Å².